The Morgan fingerprint density at radius 3 is 2.67 bits per heavy atom. The number of aromatic nitrogens is 4. The van der Waals surface area contributed by atoms with Crippen LogP contribution < -0.4 is 0 Å². The van der Waals surface area contributed by atoms with Crippen LogP contribution >= 0.6 is 0 Å². The Hall–Kier alpha value is -3.13. The fraction of sp³-hybridized carbons (Fsp3) is 0.400. The highest BCUT2D eigenvalue weighted by Crippen LogP contribution is 2.69. The van der Waals surface area contributed by atoms with Gasteiger partial charge in [0.1, 0.15) is 18.2 Å². The predicted molar refractivity (Wildman–Crippen MR) is 116 cm³/mol. The Morgan fingerprint density at radius 2 is 1.94 bits per heavy atom. The fourth-order valence-electron chi connectivity index (χ4n) is 5.84. The molecule has 1 fully saturated rings. The Morgan fingerprint density at radius 1 is 1.18 bits per heavy atom. The molecule has 0 spiro atoms. The number of halogens is 2. The van der Waals surface area contributed by atoms with Crippen LogP contribution in [0.3, 0.4) is 0 Å². The molecule has 2 atom stereocenters. The van der Waals surface area contributed by atoms with Crippen molar-refractivity contribution in [3.05, 3.63) is 70.9 Å². The molecular weight excluding hydrogens is 426 g/mol. The number of hydrogen-bond donors (Lipinski definition) is 1. The molecule has 170 valence electrons. The third-order valence-corrected chi connectivity index (χ3v) is 7.56. The first kappa shape index (κ1) is 21.7. The number of aliphatic hydroxyl groups is 1. The van der Waals surface area contributed by atoms with Gasteiger partial charge in [0.15, 0.2) is 5.78 Å². The quantitative estimate of drug-likeness (QED) is 0.613. The second-order valence-electron chi connectivity index (χ2n) is 9.44. The number of rotatable bonds is 6. The minimum Gasteiger partial charge on any atom is -0.389 e. The molecule has 1 saturated carbocycles. The summed E-state index contributed by atoms with van der Waals surface area (Å²) in [6.07, 6.45) is 5.66. The predicted octanol–water partition coefficient (Wildman–Crippen LogP) is 3.91. The van der Waals surface area contributed by atoms with Crippen LogP contribution in [0.2, 0.25) is 0 Å². The Bertz CT molecular complexity index is 1240. The van der Waals surface area contributed by atoms with Crippen LogP contribution in [-0.2, 0) is 16.6 Å². The van der Waals surface area contributed by atoms with E-state index in [-0.39, 0.29) is 34.8 Å². The van der Waals surface area contributed by atoms with E-state index in [1.807, 2.05) is 0 Å². The summed E-state index contributed by atoms with van der Waals surface area (Å²) < 4.78 is 28.8. The van der Waals surface area contributed by atoms with E-state index in [0.29, 0.717) is 12.1 Å². The van der Waals surface area contributed by atoms with Crippen LogP contribution in [0.4, 0.5) is 8.78 Å². The van der Waals surface area contributed by atoms with Gasteiger partial charge in [0.05, 0.1) is 33.8 Å². The minimum atomic E-state index is -0.669. The average molecular weight is 450 g/mol. The van der Waals surface area contributed by atoms with Crippen LogP contribution in [0.15, 0.2) is 36.7 Å². The summed E-state index contributed by atoms with van der Waals surface area (Å²) in [4.78, 5) is 20.8. The molecule has 2 bridgehead atoms. The van der Waals surface area contributed by atoms with Crippen molar-refractivity contribution >= 4 is 5.78 Å². The summed E-state index contributed by atoms with van der Waals surface area (Å²) in [5, 5.41) is 17.8. The molecular formula is C25H24F2N4O2. The van der Waals surface area contributed by atoms with Gasteiger partial charge >= 0.3 is 0 Å². The third-order valence-electron chi connectivity index (χ3n) is 7.56. The molecule has 5 rings (SSSR count). The Balaban J connectivity index is 1.60. The lowest BCUT2D eigenvalue weighted by atomic mass is 9.66. The van der Waals surface area contributed by atoms with E-state index >= 15 is 0 Å². The minimum absolute atomic E-state index is 0.137. The van der Waals surface area contributed by atoms with Gasteiger partial charge in [0.25, 0.3) is 0 Å². The maximum atomic E-state index is 14.4. The zero-order valence-electron chi connectivity index (χ0n) is 18.5. The highest BCUT2D eigenvalue weighted by atomic mass is 19.1. The summed E-state index contributed by atoms with van der Waals surface area (Å²) in [7, 11) is 0. The molecule has 2 aliphatic carbocycles. The standard InChI is InChI=1S/C25H24F2N4O2/c1-24(2)17-8-9-25(24,21-12-28-11-14(29-21)6-7-15(33)13-32)23-16(17)10-20(30-31-23)22-18(26)4-3-5-19(22)27/h3-5,10-12,17,32H,6-9,13H2,1-2H3/t17-,25-/m0/s1. The molecule has 2 aromatic heterocycles. The summed E-state index contributed by atoms with van der Waals surface area (Å²) in [6.45, 7) is 3.85. The van der Waals surface area contributed by atoms with E-state index in [1.54, 1.807) is 18.5 Å². The van der Waals surface area contributed by atoms with Crippen LogP contribution in [0.5, 0.6) is 0 Å². The van der Waals surface area contributed by atoms with E-state index in [9.17, 15) is 13.6 Å². The number of carbonyl (C=O) groups excluding carboxylic acids is 1. The number of carbonyl (C=O) groups is 1. The molecule has 3 aromatic rings. The van der Waals surface area contributed by atoms with Gasteiger partial charge < -0.3 is 5.11 Å². The molecule has 1 aromatic carbocycles. The van der Waals surface area contributed by atoms with Crippen molar-refractivity contribution < 1.29 is 18.7 Å². The molecule has 33 heavy (non-hydrogen) atoms. The fourth-order valence-corrected chi connectivity index (χ4v) is 5.84. The number of fused-ring (bicyclic) bond motifs is 5. The summed E-state index contributed by atoms with van der Waals surface area (Å²) >= 11 is 0. The van der Waals surface area contributed by atoms with Crippen LogP contribution in [0, 0.1) is 17.0 Å². The number of nitrogens with zero attached hydrogens (tertiary/aromatic N) is 4. The molecule has 0 unspecified atom stereocenters. The van der Waals surface area contributed by atoms with E-state index in [4.69, 9.17) is 10.1 Å². The molecule has 6 nitrogen and oxygen atoms in total. The molecule has 0 aliphatic heterocycles. The molecule has 2 aliphatic rings. The SMILES string of the molecule is CC1(C)[C@H]2CC[C@]1(c1cncc(CCC(=O)CO)n1)c1nnc(-c3c(F)cccc3F)cc12. The van der Waals surface area contributed by atoms with Crippen LogP contribution in [0.25, 0.3) is 11.3 Å². The first-order chi connectivity index (χ1) is 15.8. The zero-order valence-corrected chi connectivity index (χ0v) is 18.5. The van der Waals surface area contributed by atoms with Crippen molar-refractivity contribution in [1.29, 1.82) is 0 Å². The Labute approximate surface area is 190 Å². The van der Waals surface area contributed by atoms with E-state index in [0.717, 1.165) is 29.8 Å². The number of ketones is 1. The molecule has 2 heterocycles. The van der Waals surface area contributed by atoms with E-state index < -0.39 is 23.7 Å². The smallest absolute Gasteiger partial charge is 0.158 e. The van der Waals surface area contributed by atoms with Crippen molar-refractivity contribution in [3.63, 3.8) is 0 Å². The maximum absolute atomic E-state index is 14.4. The van der Waals surface area contributed by atoms with Gasteiger partial charge in [-0.2, -0.15) is 5.10 Å². The number of aliphatic hydroxyl groups excluding tert-OH is 1. The monoisotopic (exact) mass is 450 g/mol. The first-order valence-electron chi connectivity index (χ1n) is 11.1. The van der Waals surface area contributed by atoms with Gasteiger partial charge in [-0.3, -0.25) is 14.8 Å². The summed E-state index contributed by atoms with van der Waals surface area (Å²) in [5.74, 6) is -1.45. The van der Waals surface area contributed by atoms with E-state index in [2.05, 4.69) is 29.0 Å². The lowest BCUT2D eigenvalue weighted by molar-refractivity contribution is -0.121. The maximum Gasteiger partial charge on any atom is 0.158 e. The number of hydrogen-bond acceptors (Lipinski definition) is 6. The van der Waals surface area contributed by atoms with Crippen molar-refractivity contribution in [2.45, 2.75) is 50.9 Å². The summed E-state index contributed by atoms with van der Waals surface area (Å²) in [6, 6.07) is 5.53. The van der Waals surface area contributed by atoms with Gasteiger partial charge in [-0.25, -0.2) is 8.78 Å². The molecule has 0 amide bonds. The van der Waals surface area contributed by atoms with Crippen LogP contribution in [-0.4, -0.2) is 37.7 Å². The van der Waals surface area contributed by atoms with Gasteiger partial charge in [-0.1, -0.05) is 19.9 Å². The summed E-state index contributed by atoms with van der Waals surface area (Å²) in [5.41, 5.74) is 2.39. The lowest BCUT2D eigenvalue weighted by Crippen LogP contribution is -2.38. The molecule has 0 radical (unpaired) electrons. The van der Waals surface area contributed by atoms with E-state index in [1.165, 1.54) is 18.2 Å². The highest BCUT2D eigenvalue weighted by molar-refractivity contribution is 5.79. The van der Waals surface area contributed by atoms with Gasteiger partial charge in [0, 0.05) is 18.8 Å². The molecule has 0 saturated heterocycles. The largest absolute Gasteiger partial charge is 0.389 e. The second-order valence-corrected chi connectivity index (χ2v) is 9.44. The van der Waals surface area contributed by atoms with Gasteiger partial charge in [-0.05, 0) is 54.4 Å². The van der Waals surface area contributed by atoms with Crippen molar-refractivity contribution in [1.82, 2.24) is 20.2 Å². The normalized spacial score (nSPS) is 22.4. The lowest BCUT2D eigenvalue weighted by Gasteiger charge is -2.37. The zero-order chi connectivity index (χ0) is 23.4. The van der Waals surface area contributed by atoms with Gasteiger partial charge in [-0.15, -0.1) is 5.10 Å². The topological polar surface area (TPSA) is 88.9 Å². The van der Waals surface area contributed by atoms with Crippen molar-refractivity contribution in [3.8, 4) is 11.3 Å². The number of aryl methyl sites for hydroxylation is 1. The first-order valence-corrected chi connectivity index (χ1v) is 11.1. The van der Waals surface area contributed by atoms with Crippen molar-refractivity contribution in [2.75, 3.05) is 6.61 Å². The average Bonchev–Trinajstić information content (AvgIpc) is 3.18. The highest BCUT2D eigenvalue weighted by Gasteiger charge is 2.65. The number of benzene rings is 1. The molecule has 8 heteroatoms. The van der Waals surface area contributed by atoms with Crippen molar-refractivity contribution in [2.24, 2.45) is 5.41 Å². The third kappa shape index (κ3) is 3.11. The Kier molecular flexibility index (Phi) is 5.08. The van der Waals surface area contributed by atoms with Gasteiger partial charge in [0.2, 0.25) is 0 Å². The molecule has 1 N–H and O–H groups in total. The number of Topliss-reactive ketones (excluding diaryl/α,β-unsaturated/α-hetero) is 1. The van der Waals surface area contributed by atoms with Crippen LogP contribution in [0.1, 0.15) is 61.7 Å². The second kappa shape index (κ2) is 7.73.